The van der Waals surface area contributed by atoms with Gasteiger partial charge in [0.25, 0.3) is 6.43 Å². The van der Waals surface area contributed by atoms with E-state index in [0.29, 0.717) is 0 Å². The lowest BCUT2D eigenvalue weighted by atomic mass is 10.1. The van der Waals surface area contributed by atoms with Crippen molar-refractivity contribution in [2.24, 2.45) is 0 Å². The van der Waals surface area contributed by atoms with E-state index in [1.165, 1.54) is 0 Å². The Morgan fingerprint density at radius 3 is 2.44 bits per heavy atom. The molecule has 96 valence electrons. The molecule has 7 heteroatoms. The van der Waals surface area contributed by atoms with Crippen LogP contribution in [0.1, 0.15) is 13.3 Å². The van der Waals surface area contributed by atoms with Crippen LogP contribution in [0.4, 0.5) is 8.78 Å². The minimum Gasteiger partial charge on any atom is -0.375 e. The normalized spacial score (nSPS) is 11.9. The van der Waals surface area contributed by atoms with E-state index in [0.717, 1.165) is 0 Å². The molecule has 1 amide bonds. The summed E-state index contributed by atoms with van der Waals surface area (Å²) in [5.74, 6) is 0.0401. The number of rotatable bonds is 8. The van der Waals surface area contributed by atoms with Gasteiger partial charge in [0.1, 0.15) is 6.61 Å². The van der Waals surface area contributed by atoms with Gasteiger partial charge in [-0.3, -0.25) is 4.79 Å². The Morgan fingerprint density at radius 1 is 1.44 bits per heavy atom. The minimum atomic E-state index is -2.51. The van der Waals surface area contributed by atoms with Gasteiger partial charge in [0.05, 0.1) is 12.1 Å². The van der Waals surface area contributed by atoms with Gasteiger partial charge in [-0.1, -0.05) is 0 Å². The van der Waals surface area contributed by atoms with Gasteiger partial charge in [-0.05, 0) is 6.92 Å². The van der Waals surface area contributed by atoms with E-state index in [9.17, 15) is 13.6 Å². The summed E-state index contributed by atoms with van der Waals surface area (Å²) in [4.78, 5) is 11.3. The molecule has 0 aromatic rings. The van der Waals surface area contributed by atoms with Crippen LogP contribution in [-0.2, 0) is 9.53 Å². The highest BCUT2D eigenvalue weighted by Gasteiger charge is 2.23. The van der Waals surface area contributed by atoms with Crippen molar-refractivity contribution in [1.29, 1.82) is 0 Å². The molecule has 0 aliphatic carbocycles. The number of hydrogen-bond donors (Lipinski definition) is 1. The van der Waals surface area contributed by atoms with Crippen LogP contribution in [0.15, 0.2) is 0 Å². The monoisotopic (exact) mass is 277 g/mol. The molecule has 0 aromatic heterocycles. The summed E-state index contributed by atoms with van der Waals surface area (Å²) in [6.07, 6.45) is -2.50. The zero-order chi connectivity index (χ0) is 12.6. The van der Waals surface area contributed by atoms with Crippen LogP contribution in [0.3, 0.4) is 0 Å². The van der Waals surface area contributed by atoms with E-state index in [1.54, 1.807) is 6.92 Å². The molecule has 0 unspecified atom stereocenters. The van der Waals surface area contributed by atoms with Crippen LogP contribution in [0, 0.1) is 0 Å². The molecule has 3 nitrogen and oxygen atoms in total. The molecule has 0 radical (unpaired) electrons. The number of halogens is 4. The van der Waals surface area contributed by atoms with E-state index < -0.39 is 18.6 Å². The molecular weight excluding hydrogens is 263 g/mol. The predicted octanol–water partition coefficient (Wildman–Crippen LogP) is 2.01. The molecule has 0 bridgehead atoms. The fourth-order valence-electron chi connectivity index (χ4n) is 0.839. The maximum atomic E-state index is 11.7. The zero-order valence-electron chi connectivity index (χ0n) is 8.94. The Morgan fingerprint density at radius 2 is 2.00 bits per heavy atom. The van der Waals surface area contributed by atoms with Gasteiger partial charge in [-0.2, -0.15) is 0 Å². The summed E-state index contributed by atoms with van der Waals surface area (Å²) in [6, 6.07) is 0. The third kappa shape index (κ3) is 7.19. The van der Waals surface area contributed by atoms with Gasteiger partial charge in [0.15, 0.2) is 0 Å². The number of nitrogens with one attached hydrogen (secondary N) is 1. The zero-order valence-corrected chi connectivity index (χ0v) is 10.5. The Hall–Kier alpha value is -0.130. The lowest BCUT2D eigenvalue weighted by molar-refractivity contribution is -0.123. The quantitative estimate of drug-likeness (QED) is 0.545. The molecule has 0 saturated carbocycles. The first-order valence-electron chi connectivity index (χ1n) is 4.72. The lowest BCUT2D eigenvalue weighted by Gasteiger charge is -2.25. The Kier molecular flexibility index (Phi) is 7.97. The van der Waals surface area contributed by atoms with Crippen LogP contribution in [0.25, 0.3) is 0 Å². The highest BCUT2D eigenvalue weighted by atomic mass is 35.5. The summed E-state index contributed by atoms with van der Waals surface area (Å²) >= 11 is 11.3. The van der Waals surface area contributed by atoms with Crippen LogP contribution in [0.5, 0.6) is 0 Å². The average Bonchev–Trinajstić information content (AvgIpc) is 2.24. The molecule has 0 aliphatic heterocycles. The van der Waals surface area contributed by atoms with Crippen molar-refractivity contribution in [3.63, 3.8) is 0 Å². The first-order chi connectivity index (χ1) is 7.43. The van der Waals surface area contributed by atoms with E-state index in [2.05, 4.69) is 10.1 Å². The van der Waals surface area contributed by atoms with Crippen LogP contribution >= 0.6 is 23.2 Å². The smallest absolute Gasteiger partial charge is 0.261 e. The van der Waals surface area contributed by atoms with Crippen molar-refractivity contribution in [1.82, 2.24) is 5.32 Å². The molecule has 0 atom stereocenters. The first-order valence-corrected chi connectivity index (χ1v) is 5.79. The maximum absolute atomic E-state index is 11.7. The van der Waals surface area contributed by atoms with Crippen molar-refractivity contribution in [3.8, 4) is 0 Å². The molecule has 0 rings (SSSR count). The molecule has 16 heavy (non-hydrogen) atoms. The fraction of sp³-hybridized carbons (Fsp3) is 0.889. The second kappa shape index (κ2) is 8.03. The fourth-order valence-corrected chi connectivity index (χ4v) is 1.26. The Labute approximate surface area is 103 Å². The number of carbonyl (C=O) groups is 1. The van der Waals surface area contributed by atoms with Gasteiger partial charge in [-0.25, -0.2) is 8.78 Å². The third-order valence-electron chi connectivity index (χ3n) is 1.75. The Bertz CT molecular complexity index is 214. The minimum absolute atomic E-state index is 0.0100. The Balaban J connectivity index is 3.73. The largest absolute Gasteiger partial charge is 0.375 e. The van der Waals surface area contributed by atoms with Crippen LogP contribution < -0.4 is 5.32 Å². The van der Waals surface area contributed by atoms with Gasteiger partial charge in [-0.15, -0.1) is 23.2 Å². The second-order valence-electron chi connectivity index (χ2n) is 3.59. The summed E-state index contributed by atoms with van der Waals surface area (Å²) < 4.78 is 27.9. The topological polar surface area (TPSA) is 38.3 Å². The van der Waals surface area contributed by atoms with Gasteiger partial charge < -0.3 is 10.1 Å². The summed E-state index contributed by atoms with van der Waals surface area (Å²) in [6.45, 7) is 0.997. The SMILES string of the molecule is CC(CCl)(CCl)NC(=O)CCOCC(F)F. The van der Waals surface area contributed by atoms with Crippen molar-refractivity contribution in [3.05, 3.63) is 0 Å². The number of ether oxygens (including phenoxy) is 1. The van der Waals surface area contributed by atoms with Crippen molar-refractivity contribution < 1.29 is 18.3 Å². The van der Waals surface area contributed by atoms with E-state index in [-0.39, 0.29) is 30.7 Å². The van der Waals surface area contributed by atoms with Crippen LogP contribution in [0.2, 0.25) is 0 Å². The highest BCUT2D eigenvalue weighted by molar-refractivity contribution is 6.22. The van der Waals surface area contributed by atoms with Gasteiger partial charge in [0.2, 0.25) is 5.91 Å². The average molecular weight is 278 g/mol. The second-order valence-corrected chi connectivity index (χ2v) is 4.13. The summed E-state index contributed by atoms with van der Waals surface area (Å²) in [5, 5.41) is 2.61. The maximum Gasteiger partial charge on any atom is 0.261 e. The number of alkyl halides is 4. The number of hydrogen-bond acceptors (Lipinski definition) is 2. The lowest BCUT2D eigenvalue weighted by Crippen LogP contribution is -2.49. The standard InChI is InChI=1S/C9H15Cl2F2NO2/c1-9(5-10,6-11)14-8(15)2-3-16-4-7(12)13/h7H,2-6H2,1H3,(H,14,15). The molecule has 0 fully saturated rings. The summed E-state index contributed by atoms with van der Waals surface area (Å²) in [7, 11) is 0. The van der Waals surface area contributed by atoms with Crippen LogP contribution in [-0.4, -0.2) is 42.8 Å². The number of amides is 1. The van der Waals surface area contributed by atoms with Crippen molar-refractivity contribution in [2.75, 3.05) is 25.0 Å². The molecule has 0 aliphatic rings. The molecule has 1 N–H and O–H groups in total. The summed E-state index contributed by atoms with van der Waals surface area (Å²) in [5.41, 5.74) is -0.678. The van der Waals surface area contributed by atoms with E-state index in [4.69, 9.17) is 23.2 Å². The molecule has 0 aromatic carbocycles. The molecule has 0 heterocycles. The van der Waals surface area contributed by atoms with Gasteiger partial charge >= 0.3 is 0 Å². The highest BCUT2D eigenvalue weighted by Crippen LogP contribution is 2.09. The number of carbonyl (C=O) groups excluding carboxylic acids is 1. The van der Waals surface area contributed by atoms with Crippen molar-refractivity contribution >= 4 is 29.1 Å². The molecule has 0 saturated heterocycles. The van der Waals surface area contributed by atoms with E-state index >= 15 is 0 Å². The van der Waals surface area contributed by atoms with Gasteiger partial charge in [0, 0.05) is 18.2 Å². The molecular formula is C9H15Cl2F2NO2. The molecule has 0 spiro atoms. The van der Waals surface area contributed by atoms with Crippen molar-refractivity contribution in [2.45, 2.75) is 25.3 Å². The first kappa shape index (κ1) is 15.9. The predicted molar refractivity (Wildman–Crippen MR) is 59.4 cm³/mol. The third-order valence-corrected chi connectivity index (χ3v) is 2.93. The van der Waals surface area contributed by atoms with E-state index in [1.807, 2.05) is 0 Å².